The van der Waals surface area contributed by atoms with Crippen molar-refractivity contribution >= 4 is 11.8 Å². The van der Waals surface area contributed by atoms with Crippen LogP contribution in [0.15, 0.2) is 46.8 Å². The number of rotatable bonds is 9. The summed E-state index contributed by atoms with van der Waals surface area (Å²) in [5, 5.41) is 3.40. The van der Waals surface area contributed by atoms with Gasteiger partial charge < -0.3 is 14.8 Å². The first-order valence-electron chi connectivity index (χ1n) is 11.9. The van der Waals surface area contributed by atoms with E-state index in [9.17, 15) is 9.59 Å². The van der Waals surface area contributed by atoms with Gasteiger partial charge in [0.25, 0.3) is 0 Å². The third kappa shape index (κ3) is 5.25. The molecule has 0 amide bonds. The molecule has 32 heavy (non-hydrogen) atoms. The summed E-state index contributed by atoms with van der Waals surface area (Å²) in [6.07, 6.45) is 5.01. The molecule has 3 rings (SSSR count). The minimum absolute atomic E-state index is 0.0860. The lowest BCUT2D eigenvalue weighted by Gasteiger charge is -2.39. The van der Waals surface area contributed by atoms with Gasteiger partial charge in [-0.2, -0.15) is 0 Å². The fraction of sp³-hybridized carbons (Fsp3) is 0.556. The zero-order chi connectivity index (χ0) is 23.3. The first-order chi connectivity index (χ1) is 15.3. The Bertz CT molecular complexity index is 925. The molecular formula is C27H37NO4. The van der Waals surface area contributed by atoms with E-state index in [0.717, 1.165) is 54.8 Å². The minimum atomic E-state index is -0.485. The summed E-state index contributed by atoms with van der Waals surface area (Å²) in [7, 11) is 0. The topological polar surface area (TPSA) is 64.6 Å². The standard InChI is InChI=1S/C27H37NO4/c1-6-8-11-15-32-26(30)23-18(3)28-20-16-27(4,5)17-21(29)25(20)24(23)19-12-9-10-13-22(19)31-14-7-2/h9-10,12-13,24,28H,6-8,11,14-17H2,1-5H3. The largest absolute Gasteiger partial charge is 0.493 e. The van der Waals surface area contributed by atoms with Crippen molar-refractivity contribution in [3.63, 3.8) is 0 Å². The molecule has 1 heterocycles. The summed E-state index contributed by atoms with van der Waals surface area (Å²) in [6, 6.07) is 7.75. The molecule has 5 nitrogen and oxygen atoms in total. The summed E-state index contributed by atoms with van der Waals surface area (Å²) in [6.45, 7) is 11.3. The van der Waals surface area contributed by atoms with Gasteiger partial charge in [0, 0.05) is 29.0 Å². The van der Waals surface area contributed by atoms with E-state index in [1.807, 2.05) is 31.2 Å². The second kappa shape index (κ2) is 10.4. The maximum atomic E-state index is 13.4. The van der Waals surface area contributed by atoms with E-state index in [-0.39, 0.29) is 17.2 Å². The number of Topliss-reactive ketones (excluding diaryl/α,β-unsaturated/α-hetero) is 1. The Morgan fingerprint density at radius 3 is 2.56 bits per heavy atom. The van der Waals surface area contributed by atoms with Gasteiger partial charge in [-0.05, 0) is 37.7 Å². The number of hydrogen-bond donors (Lipinski definition) is 1. The predicted octanol–water partition coefficient (Wildman–Crippen LogP) is 5.81. The van der Waals surface area contributed by atoms with Crippen LogP contribution in [0.2, 0.25) is 0 Å². The van der Waals surface area contributed by atoms with E-state index in [1.165, 1.54) is 0 Å². The number of benzene rings is 1. The van der Waals surface area contributed by atoms with Gasteiger partial charge in [0.05, 0.1) is 24.7 Å². The van der Waals surface area contributed by atoms with E-state index in [2.05, 4.69) is 33.0 Å². The van der Waals surface area contributed by atoms with Crippen LogP contribution in [0.4, 0.5) is 0 Å². The monoisotopic (exact) mass is 439 g/mol. The number of para-hydroxylation sites is 1. The molecule has 1 unspecified atom stereocenters. The van der Waals surface area contributed by atoms with Crippen LogP contribution in [-0.2, 0) is 14.3 Å². The van der Waals surface area contributed by atoms with Gasteiger partial charge in [0.15, 0.2) is 5.78 Å². The maximum absolute atomic E-state index is 13.4. The van der Waals surface area contributed by atoms with Crippen LogP contribution in [0.1, 0.15) is 84.6 Å². The summed E-state index contributed by atoms with van der Waals surface area (Å²) in [5.41, 5.74) is 3.60. The molecule has 1 aromatic carbocycles. The summed E-state index contributed by atoms with van der Waals surface area (Å²) >= 11 is 0. The van der Waals surface area contributed by atoms with Crippen molar-refractivity contribution in [1.82, 2.24) is 5.32 Å². The molecular weight excluding hydrogens is 402 g/mol. The number of carbonyl (C=O) groups is 2. The van der Waals surface area contributed by atoms with Crippen LogP contribution in [-0.4, -0.2) is 25.0 Å². The fourth-order valence-electron chi connectivity index (χ4n) is 4.67. The van der Waals surface area contributed by atoms with E-state index < -0.39 is 5.92 Å². The molecule has 1 N–H and O–H groups in total. The Kier molecular flexibility index (Phi) is 7.81. The molecule has 0 saturated carbocycles. The first kappa shape index (κ1) is 24.1. The lowest BCUT2D eigenvalue weighted by molar-refractivity contribution is -0.139. The average molecular weight is 440 g/mol. The number of ether oxygens (including phenoxy) is 2. The van der Waals surface area contributed by atoms with Crippen LogP contribution < -0.4 is 10.1 Å². The number of unbranched alkanes of at least 4 members (excludes halogenated alkanes) is 2. The Labute approximate surface area is 192 Å². The van der Waals surface area contributed by atoms with E-state index in [4.69, 9.17) is 9.47 Å². The number of ketones is 1. The first-order valence-corrected chi connectivity index (χ1v) is 11.9. The highest BCUT2D eigenvalue weighted by molar-refractivity contribution is 6.04. The maximum Gasteiger partial charge on any atom is 0.336 e. The molecule has 0 spiro atoms. The van der Waals surface area contributed by atoms with Crippen molar-refractivity contribution in [2.45, 2.75) is 79.1 Å². The van der Waals surface area contributed by atoms with Crippen molar-refractivity contribution in [2.75, 3.05) is 13.2 Å². The molecule has 174 valence electrons. The molecule has 0 aromatic heterocycles. The Morgan fingerprint density at radius 2 is 1.84 bits per heavy atom. The van der Waals surface area contributed by atoms with Gasteiger partial charge in [-0.3, -0.25) is 4.79 Å². The fourth-order valence-corrected chi connectivity index (χ4v) is 4.67. The quantitative estimate of drug-likeness (QED) is 0.388. The van der Waals surface area contributed by atoms with Crippen molar-refractivity contribution < 1.29 is 19.1 Å². The van der Waals surface area contributed by atoms with Crippen LogP contribution in [0, 0.1) is 5.41 Å². The second-order valence-electron chi connectivity index (χ2n) is 9.66. The van der Waals surface area contributed by atoms with E-state index in [1.54, 1.807) is 0 Å². The Morgan fingerprint density at radius 1 is 1.09 bits per heavy atom. The molecule has 0 bridgehead atoms. The number of allylic oxidation sites excluding steroid dienone is 3. The molecule has 0 saturated heterocycles. The molecule has 1 aliphatic carbocycles. The summed E-state index contributed by atoms with van der Waals surface area (Å²) in [5.74, 6) is -0.0372. The van der Waals surface area contributed by atoms with Gasteiger partial charge in [0.1, 0.15) is 5.75 Å². The van der Waals surface area contributed by atoms with Crippen molar-refractivity contribution in [1.29, 1.82) is 0 Å². The smallest absolute Gasteiger partial charge is 0.336 e. The zero-order valence-corrected chi connectivity index (χ0v) is 20.2. The molecule has 1 aromatic rings. The molecule has 5 heteroatoms. The Balaban J connectivity index is 2.07. The Hall–Kier alpha value is -2.56. The molecule has 2 aliphatic rings. The third-order valence-electron chi connectivity index (χ3n) is 6.13. The zero-order valence-electron chi connectivity index (χ0n) is 20.2. The second-order valence-corrected chi connectivity index (χ2v) is 9.66. The highest BCUT2D eigenvalue weighted by Gasteiger charge is 2.43. The van der Waals surface area contributed by atoms with Crippen LogP contribution >= 0.6 is 0 Å². The van der Waals surface area contributed by atoms with Crippen molar-refractivity contribution in [3.05, 3.63) is 52.4 Å². The normalized spacial score (nSPS) is 20.0. The minimum Gasteiger partial charge on any atom is -0.493 e. The summed E-state index contributed by atoms with van der Waals surface area (Å²) < 4.78 is 11.7. The van der Waals surface area contributed by atoms with Crippen LogP contribution in [0.5, 0.6) is 5.75 Å². The van der Waals surface area contributed by atoms with E-state index in [0.29, 0.717) is 30.8 Å². The summed E-state index contributed by atoms with van der Waals surface area (Å²) in [4.78, 5) is 26.7. The highest BCUT2D eigenvalue weighted by atomic mass is 16.5. The lowest BCUT2D eigenvalue weighted by atomic mass is 9.68. The van der Waals surface area contributed by atoms with E-state index >= 15 is 0 Å². The molecule has 0 fully saturated rings. The van der Waals surface area contributed by atoms with Gasteiger partial charge in [-0.15, -0.1) is 0 Å². The van der Waals surface area contributed by atoms with Gasteiger partial charge >= 0.3 is 5.97 Å². The van der Waals surface area contributed by atoms with Gasteiger partial charge in [-0.1, -0.05) is 58.7 Å². The van der Waals surface area contributed by atoms with Crippen molar-refractivity contribution in [3.8, 4) is 5.75 Å². The van der Waals surface area contributed by atoms with Gasteiger partial charge in [0.2, 0.25) is 0 Å². The number of hydrogen-bond acceptors (Lipinski definition) is 5. The lowest BCUT2D eigenvalue weighted by Crippen LogP contribution is -2.38. The van der Waals surface area contributed by atoms with Crippen molar-refractivity contribution in [2.24, 2.45) is 5.41 Å². The number of nitrogens with one attached hydrogen (secondary N) is 1. The predicted molar refractivity (Wildman–Crippen MR) is 126 cm³/mol. The third-order valence-corrected chi connectivity index (χ3v) is 6.13. The van der Waals surface area contributed by atoms with Crippen LogP contribution in [0.3, 0.4) is 0 Å². The molecule has 1 atom stereocenters. The number of carbonyl (C=O) groups excluding carboxylic acids is 2. The SMILES string of the molecule is CCCCCOC(=O)C1=C(C)NC2=C(C(=O)CC(C)(C)C2)C1c1ccccc1OCCC. The number of esters is 1. The van der Waals surface area contributed by atoms with Crippen LogP contribution in [0.25, 0.3) is 0 Å². The van der Waals surface area contributed by atoms with Gasteiger partial charge in [-0.25, -0.2) is 4.79 Å². The average Bonchev–Trinajstić information content (AvgIpc) is 2.73. The highest BCUT2D eigenvalue weighted by Crippen LogP contribution is 2.48. The number of dihydropyridines is 1. The molecule has 0 radical (unpaired) electrons. The molecule has 1 aliphatic heterocycles.